The Morgan fingerprint density at radius 3 is 2.81 bits per heavy atom. The minimum absolute atomic E-state index is 0. The molecule has 3 heterocycles. The molecule has 1 fully saturated rings. The molecule has 0 aliphatic carbocycles. The molecule has 1 aliphatic heterocycles. The normalized spacial score (nSPS) is 16.9. The van der Waals surface area contributed by atoms with Gasteiger partial charge in [-0.1, -0.05) is 0 Å². The quantitative estimate of drug-likeness (QED) is 0.782. The van der Waals surface area contributed by atoms with Crippen molar-refractivity contribution in [3.63, 3.8) is 0 Å². The smallest absolute Gasteiger partial charge is 0.271 e. The molecular formula is C12H14BrCl2N3OS2. The van der Waals surface area contributed by atoms with Gasteiger partial charge in [-0.3, -0.25) is 4.79 Å². The van der Waals surface area contributed by atoms with E-state index in [0.717, 1.165) is 33.9 Å². The van der Waals surface area contributed by atoms with E-state index in [2.05, 4.69) is 31.5 Å². The molecule has 1 amide bonds. The van der Waals surface area contributed by atoms with Crippen LogP contribution in [0.3, 0.4) is 0 Å². The fourth-order valence-electron chi connectivity index (χ4n) is 1.95. The summed E-state index contributed by atoms with van der Waals surface area (Å²) in [7, 11) is 0. The van der Waals surface area contributed by atoms with Crippen LogP contribution in [0.25, 0.3) is 9.88 Å². The molecule has 2 aromatic heterocycles. The molecule has 0 radical (unpaired) electrons. The Morgan fingerprint density at radius 2 is 2.19 bits per heavy atom. The molecule has 1 aliphatic rings. The van der Waals surface area contributed by atoms with Gasteiger partial charge < -0.3 is 10.6 Å². The van der Waals surface area contributed by atoms with E-state index in [1.54, 1.807) is 11.3 Å². The van der Waals surface area contributed by atoms with E-state index in [4.69, 9.17) is 0 Å². The summed E-state index contributed by atoms with van der Waals surface area (Å²) in [5, 5.41) is 11.0. The van der Waals surface area contributed by atoms with Crippen molar-refractivity contribution in [3.8, 4) is 9.88 Å². The second kappa shape index (κ2) is 8.45. The largest absolute Gasteiger partial charge is 0.347 e. The summed E-state index contributed by atoms with van der Waals surface area (Å²) in [5.74, 6) is -0.0770. The highest BCUT2D eigenvalue weighted by atomic mass is 79.9. The third-order valence-electron chi connectivity index (χ3n) is 2.91. The number of nitrogens with one attached hydrogen (secondary N) is 2. The second-order valence-corrected chi connectivity index (χ2v) is 7.02. The first-order valence-corrected chi connectivity index (χ1v) is 8.49. The van der Waals surface area contributed by atoms with Crippen LogP contribution in [0.15, 0.2) is 21.3 Å². The number of thiazole rings is 1. The Bertz CT molecular complexity index is 599. The third kappa shape index (κ3) is 4.64. The van der Waals surface area contributed by atoms with Gasteiger partial charge in [0.2, 0.25) is 0 Å². The predicted molar refractivity (Wildman–Crippen MR) is 96.4 cm³/mol. The Labute approximate surface area is 151 Å². The van der Waals surface area contributed by atoms with Gasteiger partial charge in [-0.15, -0.1) is 47.5 Å². The lowest BCUT2D eigenvalue weighted by Crippen LogP contribution is -2.36. The van der Waals surface area contributed by atoms with Gasteiger partial charge in [-0.25, -0.2) is 4.98 Å². The van der Waals surface area contributed by atoms with E-state index in [1.807, 2.05) is 16.8 Å². The maximum absolute atomic E-state index is 12.0. The van der Waals surface area contributed by atoms with Crippen LogP contribution in [-0.4, -0.2) is 30.0 Å². The van der Waals surface area contributed by atoms with Crippen molar-refractivity contribution in [1.82, 2.24) is 15.6 Å². The van der Waals surface area contributed by atoms with Crippen molar-refractivity contribution < 1.29 is 4.79 Å². The molecule has 9 heteroatoms. The van der Waals surface area contributed by atoms with Crippen LogP contribution < -0.4 is 10.6 Å². The van der Waals surface area contributed by atoms with E-state index in [9.17, 15) is 4.79 Å². The molecule has 0 aromatic carbocycles. The standard InChI is InChI=1S/C12H12BrN3OS2.2ClH/c13-7-3-10(18-5-7)12-16-9(6-19-12)11(17)15-8-1-2-14-4-8;;/h3,5-6,8,14H,1-2,4H2,(H,15,17);2*1H. The highest BCUT2D eigenvalue weighted by molar-refractivity contribution is 9.10. The van der Waals surface area contributed by atoms with Gasteiger partial charge in [0, 0.05) is 27.8 Å². The number of nitrogens with zero attached hydrogens (tertiary/aromatic N) is 1. The van der Waals surface area contributed by atoms with Crippen LogP contribution in [0.1, 0.15) is 16.9 Å². The number of amides is 1. The molecule has 21 heavy (non-hydrogen) atoms. The van der Waals surface area contributed by atoms with Crippen LogP contribution in [0.4, 0.5) is 0 Å². The van der Waals surface area contributed by atoms with Crippen LogP contribution in [0.5, 0.6) is 0 Å². The first-order chi connectivity index (χ1) is 9.22. The summed E-state index contributed by atoms with van der Waals surface area (Å²) in [6.45, 7) is 1.82. The summed E-state index contributed by atoms with van der Waals surface area (Å²) >= 11 is 6.55. The first kappa shape index (κ1) is 18.9. The molecule has 116 valence electrons. The van der Waals surface area contributed by atoms with Crippen LogP contribution in [-0.2, 0) is 0 Å². The molecule has 2 N–H and O–H groups in total. The molecule has 0 bridgehead atoms. The average Bonchev–Trinajstić information content (AvgIpc) is 3.07. The predicted octanol–water partition coefficient (Wildman–Crippen LogP) is 3.57. The number of halogens is 3. The van der Waals surface area contributed by atoms with Crippen LogP contribution in [0, 0.1) is 0 Å². The van der Waals surface area contributed by atoms with Crippen molar-refractivity contribution in [1.29, 1.82) is 0 Å². The molecule has 0 saturated carbocycles. The number of hydrogen-bond acceptors (Lipinski definition) is 5. The Kier molecular flexibility index (Phi) is 7.59. The number of rotatable bonds is 3. The van der Waals surface area contributed by atoms with Gasteiger partial charge in [0.15, 0.2) is 0 Å². The molecule has 3 rings (SSSR count). The monoisotopic (exact) mass is 429 g/mol. The van der Waals surface area contributed by atoms with E-state index in [1.165, 1.54) is 11.3 Å². The van der Waals surface area contributed by atoms with Crippen molar-refractivity contribution >= 4 is 69.3 Å². The van der Waals surface area contributed by atoms with Gasteiger partial charge in [0.1, 0.15) is 10.7 Å². The van der Waals surface area contributed by atoms with Crippen molar-refractivity contribution in [2.45, 2.75) is 12.5 Å². The summed E-state index contributed by atoms with van der Waals surface area (Å²) in [4.78, 5) is 17.5. The number of carbonyl (C=O) groups is 1. The fourth-order valence-corrected chi connectivity index (χ4v) is 4.26. The Hall–Kier alpha value is -0.180. The maximum atomic E-state index is 12.0. The van der Waals surface area contributed by atoms with Gasteiger partial charge in [0.25, 0.3) is 5.91 Å². The first-order valence-electron chi connectivity index (χ1n) is 5.94. The molecule has 0 spiro atoms. The van der Waals surface area contributed by atoms with Gasteiger partial charge in [-0.05, 0) is 35.0 Å². The molecule has 2 aromatic rings. The number of aromatic nitrogens is 1. The lowest BCUT2D eigenvalue weighted by atomic mass is 10.2. The number of carbonyl (C=O) groups excluding carboxylic acids is 1. The lowest BCUT2D eigenvalue weighted by Gasteiger charge is -2.09. The number of thiophene rings is 1. The fraction of sp³-hybridized carbons (Fsp3) is 0.333. The summed E-state index contributed by atoms with van der Waals surface area (Å²) in [6, 6.07) is 2.25. The minimum Gasteiger partial charge on any atom is -0.347 e. The summed E-state index contributed by atoms with van der Waals surface area (Å²) in [6.07, 6.45) is 0.987. The Morgan fingerprint density at radius 1 is 1.38 bits per heavy atom. The Balaban J connectivity index is 0.00000110. The van der Waals surface area contributed by atoms with E-state index in [0.29, 0.717) is 5.69 Å². The zero-order valence-corrected chi connectivity index (χ0v) is 15.6. The minimum atomic E-state index is -0.0770. The third-order valence-corrected chi connectivity index (χ3v) is 5.61. The zero-order chi connectivity index (χ0) is 13.2. The highest BCUT2D eigenvalue weighted by Crippen LogP contribution is 2.31. The summed E-state index contributed by atoms with van der Waals surface area (Å²) < 4.78 is 1.05. The van der Waals surface area contributed by atoms with E-state index >= 15 is 0 Å². The van der Waals surface area contributed by atoms with Gasteiger partial charge >= 0.3 is 0 Å². The maximum Gasteiger partial charge on any atom is 0.271 e. The van der Waals surface area contributed by atoms with Crippen molar-refractivity contribution in [2.75, 3.05) is 13.1 Å². The molecule has 1 atom stereocenters. The molecule has 1 unspecified atom stereocenters. The second-order valence-electron chi connectivity index (χ2n) is 4.33. The molecule has 4 nitrogen and oxygen atoms in total. The van der Waals surface area contributed by atoms with Gasteiger partial charge in [0.05, 0.1) is 4.88 Å². The topological polar surface area (TPSA) is 54.0 Å². The zero-order valence-electron chi connectivity index (χ0n) is 10.8. The number of hydrogen-bond donors (Lipinski definition) is 2. The van der Waals surface area contributed by atoms with Crippen LogP contribution >= 0.6 is 63.4 Å². The summed E-state index contributed by atoms with van der Waals surface area (Å²) in [5.41, 5.74) is 0.511. The van der Waals surface area contributed by atoms with Crippen LogP contribution in [0.2, 0.25) is 0 Å². The molecular weight excluding hydrogens is 417 g/mol. The van der Waals surface area contributed by atoms with Crippen molar-refractivity contribution in [3.05, 3.63) is 27.0 Å². The van der Waals surface area contributed by atoms with Gasteiger partial charge in [-0.2, -0.15) is 0 Å². The van der Waals surface area contributed by atoms with E-state index < -0.39 is 0 Å². The van der Waals surface area contributed by atoms with Crippen molar-refractivity contribution in [2.24, 2.45) is 0 Å². The molecule has 1 saturated heterocycles. The average molecular weight is 431 g/mol. The lowest BCUT2D eigenvalue weighted by molar-refractivity contribution is 0.0936. The highest BCUT2D eigenvalue weighted by Gasteiger charge is 2.19. The van der Waals surface area contributed by atoms with E-state index in [-0.39, 0.29) is 36.8 Å². The SMILES string of the molecule is Cl.Cl.O=C(NC1CCNC1)c1csc(-c2cc(Br)cs2)n1.